The Balaban J connectivity index is 1.32. The number of aliphatic imine (C=N–C) groups is 1. The minimum Gasteiger partial charge on any atom is -0.495 e. The van der Waals surface area contributed by atoms with Gasteiger partial charge in [-0.05, 0) is 74.8 Å². The van der Waals surface area contributed by atoms with E-state index in [9.17, 15) is 4.79 Å². The molecule has 3 aromatic rings. The molecule has 1 aromatic carbocycles. The second-order valence-corrected chi connectivity index (χ2v) is 10.8. The Morgan fingerprint density at radius 2 is 2.00 bits per heavy atom. The number of likely N-dealkylation sites (tertiary alicyclic amines) is 1. The summed E-state index contributed by atoms with van der Waals surface area (Å²) >= 11 is 1.71. The first kappa shape index (κ1) is 21.5. The number of nitrogens with one attached hydrogen (secondary N) is 1. The Labute approximate surface area is 203 Å². The van der Waals surface area contributed by atoms with Gasteiger partial charge in [-0.2, -0.15) is 0 Å². The fourth-order valence-corrected chi connectivity index (χ4v) is 7.06. The van der Waals surface area contributed by atoms with Crippen LogP contribution < -0.4 is 10.1 Å². The van der Waals surface area contributed by atoms with Crippen LogP contribution in [0.4, 0.5) is 11.5 Å². The molecule has 3 aliphatic rings. The lowest BCUT2D eigenvalue weighted by Crippen LogP contribution is -2.43. The molecule has 6 rings (SSSR count). The van der Waals surface area contributed by atoms with E-state index in [2.05, 4.69) is 45.1 Å². The monoisotopic (exact) mass is 475 g/mol. The van der Waals surface area contributed by atoms with Gasteiger partial charge >= 0.3 is 0 Å². The van der Waals surface area contributed by atoms with E-state index in [1.54, 1.807) is 24.8 Å². The van der Waals surface area contributed by atoms with E-state index in [0.717, 1.165) is 65.1 Å². The highest BCUT2D eigenvalue weighted by Crippen LogP contribution is 2.42. The minimum absolute atomic E-state index is 0.0593. The van der Waals surface area contributed by atoms with Gasteiger partial charge in [0.15, 0.2) is 0 Å². The zero-order chi connectivity index (χ0) is 23.4. The molecule has 1 N–H and O–H groups in total. The van der Waals surface area contributed by atoms with Crippen molar-refractivity contribution in [1.82, 2.24) is 14.9 Å². The second-order valence-electron chi connectivity index (χ2n) is 9.71. The predicted octanol–water partition coefficient (Wildman–Crippen LogP) is 4.88. The van der Waals surface area contributed by atoms with Gasteiger partial charge in [0, 0.05) is 29.1 Å². The Morgan fingerprint density at radius 3 is 2.79 bits per heavy atom. The summed E-state index contributed by atoms with van der Waals surface area (Å²) in [5, 5.41) is 4.59. The molecule has 2 aromatic heterocycles. The molecule has 3 atom stereocenters. The minimum atomic E-state index is 0.0593. The summed E-state index contributed by atoms with van der Waals surface area (Å²) in [6.45, 7) is 5.06. The molecule has 7 nitrogen and oxygen atoms in total. The number of carbonyl (C=O) groups excluding carboxylic acids is 1. The van der Waals surface area contributed by atoms with Crippen molar-refractivity contribution in [2.24, 2.45) is 10.9 Å². The molecule has 176 valence electrons. The number of hydrogen-bond donors (Lipinski definition) is 1. The third-order valence-electron chi connectivity index (χ3n) is 7.61. The number of methoxy groups -OCH3 is 1. The smallest absolute Gasteiger partial charge is 0.226 e. The van der Waals surface area contributed by atoms with Crippen LogP contribution in [0.25, 0.3) is 10.2 Å². The highest BCUT2D eigenvalue weighted by Gasteiger charge is 2.37. The number of benzene rings is 1. The summed E-state index contributed by atoms with van der Waals surface area (Å²) < 4.78 is 5.65. The van der Waals surface area contributed by atoms with Crippen molar-refractivity contribution in [2.75, 3.05) is 12.4 Å². The van der Waals surface area contributed by atoms with Crippen molar-refractivity contribution in [2.45, 2.75) is 64.6 Å². The molecular weight excluding hydrogens is 446 g/mol. The molecule has 0 radical (unpaired) electrons. The van der Waals surface area contributed by atoms with E-state index in [4.69, 9.17) is 4.74 Å². The fraction of sp³-hybridized carbons (Fsp3) is 0.462. The molecule has 4 heterocycles. The van der Waals surface area contributed by atoms with Crippen LogP contribution in [0.3, 0.4) is 0 Å². The van der Waals surface area contributed by atoms with Crippen LogP contribution in [0.1, 0.15) is 54.7 Å². The molecule has 2 aliphatic heterocycles. The van der Waals surface area contributed by atoms with Crippen LogP contribution in [0.15, 0.2) is 23.5 Å². The molecule has 34 heavy (non-hydrogen) atoms. The first-order valence-electron chi connectivity index (χ1n) is 12.1. The molecule has 1 aliphatic carbocycles. The quantitative estimate of drug-likeness (QED) is 0.582. The van der Waals surface area contributed by atoms with Crippen LogP contribution in [0.2, 0.25) is 0 Å². The molecule has 8 heteroatoms. The van der Waals surface area contributed by atoms with Crippen molar-refractivity contribution >= 4 is 45.2 Å². The number of aryl methyl sites for hydroxylation is 1. The van der Waals surface area contributed by atoms with Crippen LogP contribution in [-0.2, 0) is 24.2 Å². The van der Waals surface area contributed by atoms with Crippen LogP contribution in [-0.4, -0.2) is 46.2 Å². The Morgan fingerprint density at radius 1 is 1.18 bits per heavy atom. The lowest BCUT2D eigenvalue weighted by Gasteiger charge is -2.32. The van der Waals surface area contributed by atoms with Gasteiger partial charge in [-0.25, -0.2) is 9.97 Å². The Hall–Kier alpha value is -3.00. The number of fused-ring (bicyclic) bond motifs is 4. The standard InChI is InChI=1S/C26H29N5O2S/c1-14-4-5-15(2)31(14)26(32)16-6-7-19-22(10-16)34-25-23(19)24(28-13-29-25)30-20-8-17-11-27-12-18(17)9-21(20)33-3/h8-9,11,13-16H,4-7,10,12H2,1-3H3,(H,28,29,30)/t14-,15-,16?/m1/s1. The van der Waals surface area contributed by atoms with Gasteiger partial charge in [-0.1, -0.05) is 0 Å². The highest BCUT2D eigenvalue weighted by molar-refractivity contribution is 7.19. The second kappa shape index (κ2) is 8.34. The molecule has 0 bridgehead atoms. The van der Waals surface area contributed by atoms with Crippen LogP contribution in [0.5, 0.6) is 5.75 Å². The van der Waals surface area contributed by atoms with E-state index < -0.39 is 0 Å². The maximum atomic E-state index is 13.4. The van der Waals surface area contributed by atoms with E-state index >= 15 is 0 Å². The SMILES string of the molecule is COc1cc2c(cc1Nc1ncnc3sc4c(c13)CCC(C(=O)N1[C@H](C)CC[C@H]1C)C4)C=NC2. The number of thiophene rings is 1. The lowest BCUT2D eigenvalue weighted by molar-refractivity contribution is -0.138. The Kier molecular flexibility index (Phi) is 5.28. The predicted molar refractivity (Wildman–Crippen MR) is 136 cm³/mol. The average Bonchev–Trinajstić information content (AvgIpc) is 3.54. The zero-order valence-electron chi connectivity index (χ0n) is 19.8. The summed E-state index contributed by atoms with van der Waals surface area (Å²) in [5.41, 5.74) is 4.43. The van der Waals surface area contributed by atoms with Gasteiger partial charge in [-0.3, -0.25) is 9.79 Å². The van der Waals surface area contributed by atoms with Gasteiger partial charge < -0.3 is 15.0 Å². The number of carbonyl (C=O) groups is 1. The third-order valence-corrected chi connectivity index (χ3v) is 8.77. The van der Waals surface area contributed by atoms with Crippen molar-refractivity contribution in [3.63, 3.8) is 0 Å². The van der Waals surface area contributed by atoms with Crippen LogP contribution >= 0.6 is 11.3 Å². The average molecular weight is 476 g/mol. The highest BCUT2D eigenvalue weighted by atomic mass is 32.1. The molecule has 0 spiro atoms. The van der Waals surface area contributed by atoms with Gasteiger partial charge in [0.2, 0.25) is 5.91 Å². The fourth-order valence-electron chi connectivity index (χ4n) is 5.79. The van der Waals surface area contributed by atoms with Gasteiger partial charge in [0.05, 0.1) is 24.7 Å². The Bertz CT molecular complexity index is 1310. The number of hydrogen-bond acceptors (Lipinski definition) is 7. The molecule has 1 amide bonds. The number of anilines is 2. The largest absolute Gasteiger partial charge is 0.495 e. The summed E-state index contributed by atoms with van der Waals surface area (Å²) in [5.74, 6) is 1.96. The first-order valence-corrected chi connectivity index (χ1v) is 12.9. The van der Waals surface area contributed by atoms with Crippen molar-refractivity contribution < 1.29 is 9.53 Å². The molecule has 0 saturated carbocycles. The molecule has 1 fully saturated rings. The van der Waals surface area contributed by atoms with Gasteiger partial charge in [0.1, 0.15) is 22.7 Å². The zero-order valence-corrected chi connectivity index (χ0v) is 20.6. The summed E-state index contributed by atoms with van der Waals surface area (Å²) in [6.07, 6.45) is 8.28. The van der Waals surface area contributed by atoms with Gasteiger partial charge in [-0.15, -0.1) is 11.3 Å². The number of nitrogens with zero attached hydrogens (tertiary/aromatic N) is 4. The maximum Gasteiger partial charge on any atom is 0.226 e. The van der Waals surface area contributed by atoms with E-state index in [-0.39, 0.29) is 5.92 Å². The normalized spacial score (nSPS) is 23.3. The van der Waals surface area contributed by atoms with Crippen LogP contribution in [0, 0.1) is 5.92 Å². The van der Waals surface area contributed by atoms with Crippen molar-refractivity contribution in [1.29, 1.82) is 0 Å². The number of amides is 1. The summed E-state index contributed by atoms with van der Waals surface area (Å²) in [6, 6.07) is 4.81. The number of rotatable bonds is 4. The number of aromatic nitrogens is 2. The summed E-state index contributed by atoms with van der Waals surface area (Å²) in [7, 11) is 1.68. The van der Waals surface area contributed by atoms with E-state index in [0.29, 0.717) is 24.5 Å². The maximum absolute atomic E-state index is 13.4. The summed E-state index contributed by atoms with van der Waals surface area (Å²) in [4.78, 5) is 31.3. The van der Waals surface area contributed by atoms with Crippen molar-refractivity contribution in [3.8, 4) is 5.75 Å². The molecule has 1 unspecified atom stereocenters. The van der Waals surface area contributed by atoms with E-state index in [1.807, 2.05) is 12.3 Å². The lowest BCUT2D eigenvalue weighted by atomic mass is 9.86. The van der Waals surface area contributed by atoms with Gasteiger partial charge in [0.25, 0.3) is 0 Å². The van der Waals surface area contributed by atoms with E-state index in [1.165, 1.54) is 16.0 Å². The third kappa shape index (κ3) is 3.47. The topological polar surface area (TPSA) is 79.7 Å². The van der Waals surface area contributed by atoms with Crippen molar-refractivity contribution in [3.05, 3.63) is 40.0 Å². The molecule has 1 saturated heterocycles. The molecular formula is C26H29N5O2S. The first-order chi connectivity index (χ1) is 16.5. The number of ether oxygens (including phenoxy) is 1.